The van der Waals surface area contributed by atoms with Crippen LogP contribution in [0.3, 0.4) is 0 Å². The van der Waals surface area contributed by atoms with E-state index >= 15 is 0 Å². The van der Waals surface area contributed by atoms with E-state index in [4.69, 9.17) is 0 Å². The summed E-state index contributed by atoms with van der Waals surface area (Å²) in [6, 6.07) is 15.1. The minimum Gasteiger partial charge on any atom is -0.350 e. The summed E-state index contributed by atoms with van der Waals surface area (Å²) < 4.78 is 2.22. The van der Waals surface area contributed by atoms with Gasteiger partial charge in [-0.25, -0.2) is 0 Å². The largest absolute Gasteiger partial charge is 0.350 e. The number of nitrogens with one attached hydrogen (secondary N) is 1. The van der Waals surface area contributed by atoms with Crippen molar-refractivity contribution in [1.29, 1.82) is 0 Å². The van der Waals surface area contributed by atoms with Gasteiger partial charge in [0.15, 0.2) is 6.04 Å². The molecule has 0 radical (unpaired) electrons. The van der Waals surface area contributed by atoms with Gasteiger partial charge in [-0.2, -0.15) is 0 Å². The molecule has 0 saturated carbocycles. The third-order valence-electron chi connectivity index (χ3n) is 5.92. The van der Waals surface area contributed by atoms with Gasteiger partial charge in [-0.05, 0) is 25.0 Å². The van der Waals surface area contributed by atoms with Gasteiger partial charge in [0.1, 0.15) is 6.04 Å². The molecule has 0 spiro atoms. The molecule has 2 aliphatic heterocycles. The number of hydrogen-bond donors (Lipinski definition) is 1. The summed E-state index contributed by atoms with van der Waals surface area (Å²) in [5.41, 5.74) is 2.51. The first-order valence-corrected chi connectivity index (χ1v) is 9.56. The molecule has 0 bridgehead atoms. The van der Waals surface area contributed by atoms with Crippen LogP contribution in [0, 0.1) is 0 Å². The predicted octanol–water partition coefficient (Wildman–Crippen LogP) is 2.11. The molecule has 2 saturated heterocycles. The van der Waals surface area contributed by atoms with E-state index in [1.54, 1.807) is 0 Å². The van der Waals surface area contributed by atoms with E-state index in [-0.39, 0.29) is 6.04 Å². The molecule has 3 heterocycles. The Kier molecular flexibility index (Phi) is 4.62. The summed E-state index contributed by atoms with van der Waals surface area (Å²) in [5, 5.41) is 0. The van der Waals surface area contributed by atoms with Gasteiger partial charge in [-0.3, -0.25) is 4.79 Å². The van der Waals surface area contributed by atoms with Crippen molar-refractivity contribution in [2.45, 2.75) is 37.8 Å². The van der Waals surface area contributed by atoms with Crippen molar-refractivity contribution >= 4 is 5.91 Å². The Morgan fingerprint density at radius 1 is 1.08 bits per heavy atom. The number of rotatable bonds is 4. The molecule has 1 amide bonds. The Bertz CT molecular complexity index is 718. The first kappa shape index (κ1) is 16.4. The van der Waals surface area contributed by atoms with Crippen molar-refractivity contribution in [2.75, 3.05) is 19.6 Å². The molecule has 4 nitrogen and oxygen atoms in total. The van der Waals surface area contributed by atoms with Gasteiger partial charge in [0.05, 0.1) is 12.2 Å². The van der Waals surface area contributed by atoms with Crippen molar-refractivity contribution in [3.05, 3.63) is 59.9 Å². The highest BCUT2D eigenvalue weighted by molar-refractivity contribution is 5.82. The Balaban J connectivity index is 1.69. The highest BCUT2D eigenvalue weighted by atomic mass is 16.2. The molecule has 2 aliphatic rings. The zero-order valence-corrected chi connectivity index (χ0v) is 15.0. The van der Waals surface area contributed by atoms with Crippen molar-refractivity contribution in [1.82, 2.24) is 9.47 Å². The average molecular weight is 338 g/mol. The van der Waals surface area contributed by atoms with E-state index in [1.165, 1.54) is 17.0 Å². The number of amides is 1. The second-order valence-corrected chi connectivity index (χ2v) is 7.44. The fraction of sp³-hybridized carbons (Fsp3) is 0.476. The third-order valence-corrected chi connectivity index (χ3v) is 5.92. The van der Waals surface area contributed by atoms with Crippen LogP contribution >= 0.6 is 0 Å². The molecule has 132 valence electrons. The maximum atomic E-state index is 13.4. The fourth-order valence-corrected chi connectivity index (χ4v) is 4.67. The second-order valence-electron chi connectivity index (χ2n) is 7.44. The summed E-state index contributed by atoms with van der Waals surface area (Å²) in [7, 11) is 2.12. The maximum absolute atomic E-state index is 13.4. The number of nitrogens with zero attached hydrogens (tertiary/aromatic N) is 2. The number of quaternary nitrogens is 1. The van der Waals surface area contributed by atoms with Crippen LogP contribution in [0.1, 0.15) is 49.0 Å². The van der Waals surface area contributed by atoms with E-state index in [2.05, 4.69) is 59.1 Å². The van der Waals surface area contributed by atoms with Gasteiger partial charge >= 0.3 is 0 Å². The molecule has 2 fully saturated rings. The number of carbonyl (C=O) groups is 1. The van der Waals surface area contributed by atoms with Crippen LogP contribution in [-0.2, 0) is 11.8 Å². The zero-order valence-electron chi connectivity index (χ0n) is 15.0. The predicted molar refractivity (Wildman–Crippen MR) is 98.2 cm³/mol. The van der Waals surface area contributed by atoms with Gasteiger partial charge in [-0.15, -0.1) is 0 Å². The number of likely N-dealkylation sites (tertiary alicyclic amines) is 2. The van der Waals surface area contributed by atoms with E-state index in [9.17, 15) is 4.79 Å². The van der Waals surface area contributed by atoms with Crippen LogP contribution in [0.25, 0.3) is 0 Å². The van der Waals surface area contributed by atoms with Gasteiger partial charge < -0.3 is 14.4 Å². The minimum absolute atomic E-state index is 0.0818. The standard InChI is InChI=1S/C21H27N3O/c1-22-13-7-11-18(22)19-12-8-16-24(19)20(17-9-3-2-4-10-17)21(25)23-14-5-6-15-23/h2-4,7,9-11,13,19-20H,5-6,8,12,14-16H2,1H3/p+1/t19-,20-/m0/s1. The third kappa shape index (κ3) is 3.11. The fourth-order valence-electron chi connectivity index (χ4n) is 4.67. The summed E-state index contributed by atoms with van der Waals surface area (Å²) in [6.07, 6.45) is 6.74. The molecule has 1 aromatic heterocycles. The quantitative estimate of drug-likeness (QED) is 0.909. The Hall–Kier alpha value is -2.07. The summed E-state index contributed by atoms with van der Waals surface area (Å²) >= 11 is 0. The van der Waals surface area contributed by atoms with Crippen molar-refractivity contribution in [3.63, 3.8) is 0 Å². The number of hydrogen-bond acceptors (Lipinski definition) is 1. The van der Waals surface area contributed by atoms with Crippen molar-refractivity contribution in [2.24, 2.45) is 7.05 Å². The first-order chi connectivity index (χ1) is 12.3. The highest BCUT2D eigenvalue weighted by Gasteiger charge is 2.43. The van der Waals surface area contributed by atoms with Crippen LogP contribution in [0.4, 0.5) is 0 Å². The topological polar surface area (TPSA) is 29.7 Å². The highest BCUT2D eigenvalue weighted by Crippen LogP contribution is 2.25. The first-order valence-electron chi connectivity index (χ1n) is 9.56. The zero-order chi connectivity index (χ0) is 17.2. The molecule has 2 aromatic rings. The Morgan fingerprint density at radius 3 is 2.52 bits per heavy atom. The van der Waals surface area contributed by atoms with Crippen molar-refractivity contribution in [3.8, 4) is 0 Å². The second kappa shape index (κ2) is 7.04. The lowest BCUT2D eigenvalue weighted by atomic mass is 10.0. The summed E-state index contributed by atoms with van der Waals surface area (Å²) in [5.74, 6) is 0.319. The van der Waals surface area contributed by atoms with Gasteiger partial charge in [-0.1, -0.05) is 30.3 Å². The van der Waals surface area contributed by atoms with Gasteiger partial charge in [0, 0.05) is 44.7 Å². The van der Waals surface area contributed by atoms with E-state index in [0.29, 0.717) is 11.9 Å². The lowest BCUT2D eigenvalue weighted by Crippen LogP contribution is -3.11. The summed E-state index contributed by atoms with van der Waals surface area (Å²) in [6.45, 7) is 2.91. The molecule has 4 rings (SSSR count). The van der Waals surface area contributed by atoms with E-state index in [0.717, 1.165) is 44.5 Å². The lowest BCUT2D eigenvalue weighted by Gasteiger charge is -2.32. The van der Waals surface area contributed by atoms with Gasteiger partial charge in [0.2, 0.25) is 0 Å². The van der Waals surface area contributed by atoms with Gasteiger partial charge in [0.25, 0.3) is 5.91 Å². The molecule has 0 aliphatic carbocycles. The van der Waals surface area contributed by atoms with Crippen LogP contribution in [0.2, 0.25) is 0 Å². The molecule has 3 atom stereocenters. The Morgan fingerprint density at radius 2 is 1.84 bits per heavy atom. The number of carbonyl (C=O) groups excluding carboxylic acids is 1. The molecular formula is C21H28N3O+. The minimum atomic E-state index is -0.0818. The monoisotopic (exact) mass is 338 g/mol. The Labute approximate surface area is 150 Å². The SMILES string of the molecule is Cn1cccc1[C@@H]1CCC[NH+]1[C@H](C(=O)N1CCCC1)c1ccccc1. The van der Waals surface area contributed by atoms with Crippen LogP contribution in [0.15, 0.2) is 48.7 Å². The number of aromatic nitrogens is 1. The normalized spacial score (nSPS) is 24.6. The van der Waals surface area contributed by atoms with E-state index < -0.39 is 0 Å². The smallest absolute Gasteiger partial charge is 0.285 e. The van der Waals surface area contributed by atoms with Crippen LogP contribution < -0.4 is 4.90 Å². The maximum Gasteiger partial charge on any atom is 0.285 e. The van der Waals surface area contributed by atoms with Crippen LogP contribution in [0.5, 0.6) is 0 Å². The molecular weight excluding hydrogens is 310 g/mol. The van der Waals surface area contributed by atoms with E-state index in [1.807, 2.05) is 6.07 Å². The number of benzene rings is 1. The molecule has 1 unspecified atom stereocenters. The lowest BCUT2D eigenvalue weighted by molar-refractivity contribution is -0.940. The number of aryl methyl sites for hydroxylation is 1. The summed E-state index contributed by atoms with van der Waals surface area (Å²) in [4.78, 5) is 16.9. The molecule has 1 N–H and O–H groups in total. The average Bonchev–Trinajstić information content (AvgIpc) is 3.37. The van der Waals surface area contributed by atoms with Crippen molar-refractivity contribution < 1.29 is 9.69 Å². The molecule has 25 heavy (non-hydrogen) atoms. The van der Waals surface area contributed by atoms with Crippen LogP contribution in [-0.4, -0.2) is 35.0 Å². The molecule has 4 heteroatoms. The molecule has 1 aromatic carbocycles.